The van der Waals surface area contributed by atoms with Crippen LogP contribution < -0.4 is 10.6 Å². The zero-order valence-corrected chi connectivity index (χ0v) is 18.8. The lowest BCUT2D eigenvalue weighted by Gasteiger charge is -2.32. The number of hydrogen-bond donors (Lipinski definition) is 2. The van der Waals surface area contributed by atoms with Gasteiger partial charge in [-0.3, -0.25) is 4.99 Å². The molecule has 8 heteroatoms. The van der Waals surface area contributed by atoms with Gasteiger partial charge in [-0.1, -0.05) is 0 Å². The molecule has 1 aromatic heterocycles. The summed E-state index contributed by atoms with van der Waals surface area (Å²) in [5.41, 5.74) is 0. The molecule has 2 saturated heterocycles. The molecule has 1 amide bonds. The smallest absolute Gasteiger partial charge is 0.409 e. The van der Waals surface area contributed by atoms with Crippen LogP contribution in [-0.4, -0.2) is 68.5 Å². The van der Waals surface area contributed by atoms with Crippen LogP contribution in [0.4, 0.5) is 4.79 Å². The number of carbonyl (C=O) groups excluding carboxylic acids is 1. The van der Waals surface area contributed by atoms with Crippen LogP contribution in [0.25, 0.3) is 0 Å². The first kappa shape index (κ1) is 23.4. The highest BCUT2D eigenvalue weighted by Crippen LogP contribution is 2.17. The molecular weight excluding hydrogens is 396 g/mol. The molecule has 0 aromatic carbocycles. The van der Waals surface area contributed by atoms with Gasteiger partial charge in [-0.15, -0.1) is 0 Å². The van der Waals surface area contributed by atoms with Crippen LogP contribution in [0, 0.1) is 0 Å². The molecule has 0 spiro atoms. The molecule has 1 unspecified atom stereocenters. The van der Waals surface area contributed by atoms with E-state index in [4.69, 9.17) is 18.9 Å². The highest BCUT2D eigenvalue weighted by Gasteiger charge is 2.24. The monoisotopic (exact) mass is 434 g/mol. The molecule has 2 N–H and O–H groups in total. The van der Waals surface area contributed by atoms with Crippen LogP contribution >= 0.6 is 0 Å². The Hall–Kier alpha value is -2.22. The number of likely N-dealkylation sites (tertiary alicyclic amines) is 1. The maximum Gasteiger partial charge on any atom is 0.409 e. The van der Waals surface area contributed by atoms with Crippen LogP contribution in [0.15, 0.2) is 27.8 Å². The minimum atomic E-state index is -0.212. The van der Waals surface area contributed by atoms with Crippen LogP contribution in [0.2, 0.25) is 0 Å². The summed E-state index contributed by atoms with van der Waals surface area (Å²) in [6, 6.07) is 4.19. The Bertz CT molecular complexity index is 651. The minimum Gasteiger partial charge on any atom is -0.469 e. The van der Waals surface area contributed by atoms with Crippen LogP contribution in [-0.2, 0) is 15.9 Å². The van der Waals surface area contributed by atoms with Gasteiger partial charge in [-0.05, 0) is 64.0 Å². The fraction of sp³-hybridized carbons (Fsp3) is 0.739. The first-order valence-corrected chi connectivity index (χ1v) is 11.8. The first-order valence-electron chi connectivity index (χ1n) is 11.8. The SMILES string of the molecule is CCOC(=O)N1CCC(NC(=NCCCC2CCCCO2)NCCc2ccco2)CC1. The number of hydrogen-bond acceptors (Lipinski definition) is 5. The van der Waals surface area contributed by atoms with Crippen molar-refractivity contribution >= 4 is 12.1 Å². The Labute approximate surface area is 185 Å². The van der Waals surface area contributed by atoms with E-state index >= 15 is 0 Å². The highest BCUT2D eigenvalue weighted by molar-refractivity contribution is 5.80. The van der Waals surface area contributed by atoms with Crippen molar-refractivity contribution in [2.45, 2.75) is 70.4 Å². The molecule has 0 bridgehead atoms. The number of guanidine groups is 1. The van der Waals surface area contributed by atoms with E-state index in [-0.39, 0.29) is 6.09 Å². The van der Waals surface area contributed by atoms with Crippen LogP contribution in [0.3, 0.4) is 0 Å². The average Bonchev–Trinajstić information content (AvgIpc) is 3.31. The molecule has 0 saturated carbocycles. The van der Waals surface area contributed by atoms with Crippen molar-refractivity contribution in [2.24, 2.45) is 4.99 Å². The van der Waals surface area contributed by atoms with E-state index in [1.165, 1.54) is 19.3 Å². The number of aliphatic imine (C=N–C) groups is 1. The summed E-state index contributed by atoms with van der Waals surface area (Å²) in [4.78, 5) is 18.5. The van der Waals surface area contributed by atoms with E-state index in [0.717, 1.165) is 63.5 Å². The minimum absolute atomic E-state index is 0.212. The number of nitrogens with zero attached hydrogens (tertiary/aromatic N) is 2. The molecule has 3 rings (SSSR count). The van der Waals surface area contributed by atoms with Gasteiger partial charge in [0.2, 0.25) is 0 Å². The quantitative estimate of drug-likeness (QED) is 0.352. The van der Waals surface area contributed by atoms with Crippen LogP contribution in [0.1, 0.15) is 57.6 Å². The number of rotatable bonds is 9. The van der Waals surface area contributed by atoms with E-state index in [1.807, 2.05) is 19.1 Å². The summed E-state index contributed by atoms with van der Waals surface area (Å²) in [5.74, 6) is 1.80. The molecule has 174 valence electrons. The number of amides is 1. The predicted octanol–water partition coefficient (Wildman–Crippen LogP) is 3.33. The van der Waals surface area contributed by atoms with Gasteiger partial charge < -0.3 is 29.4 Å². The Kier molecular flexibility index (Phi) is 10.0. The lowest BCUT2D eigenvalue weighted by Crippen LogP contribution is -2.50. The average molecular weight is 435 g/mol. The van der Waals surface area contributed by atoms with Crippen molar-refractivity contribution in [3.63, 3.8) is 0 Å². The summed E-state index contributed by atoms with van der Waals surface area (Å²) < 4.78 is 16.4. The van der Waals surface area contributed by atoms with Crippen molar-refractivity contribution < 1.29 is 18.7 Å². The molecule has 1 aromatic rings. The molecule has 2 aliphatic heterocycles. The van der Waals surface area contributed by atoms with Gasteiger partial charge in [0.1, 0.15) is 5.76 Å². The van der Waals surface area contributed by atoms with Gasteiger partial charge in [-0.25, -0.2) is 4.79 Å². The third-order valence-electron chi connectivity index (χ3n) is 5.83. The summed E-state index contributed by atoms with van der Waals surface area (Å²) in [6.07, 6.45) is 10.2. The molecule has 0 radical (unpaired) electrons. The molecule has 2 fully saturated rings. The number of carbonyl (C=O) groups is 1. The summed E-state index contributed by atoms with van der Waals surface area (Å²) in [6.45, 7) is 6.09. The summed E-state index contributed by atoms with van der Waals surface area (Å²) >= 11 is 0. The van der Waals surface area contributed by atoms with E-state index < -0.39 is 0 Å². The van der Waals surface area contributed by atoms with E-state index in [9.17, 15) is 4.79 Å². The summed E-state index contributed by atoms with van der Waals surface area (Å²) in [5, 5.41) is 7.00. The zero-order valence-electron chi connectivity index (χ0n) is 18.8. The molecule has 2 aliphatic rings. The van der Waals surface area contributed by atoms with Gasteiger partial charge in [0.15, 0.2) is 5.96 Å². The standard InChI is InChI=1S/C23H38N4O4/c1-2-29-23(28)27-15-11-19(12-16-27)26-22(25-14-10-21-9-6-18-31-21)24-13-5-8-20-7-3-4-17-30-20/h6,9,18-20H,2-5,7-8,10-17H2,1H3,(H2,24,25,26). The molecular formula is C23H38N4O4. The van der Waals surface area contributed by atoms with E-state index in [2.05, 4.69) is 10.6 Å². The van der Waals surface area contributed by atoms with Gasteiger partial charge in [0, 0.05) is 45.2 Å². The van der Waals surface area contributed by atoms with Crippen molar-refractivity contribution in [3.8, 4) is 0 Å². The second-order valence-electron chi connectivity index (χ2n) is 8.22. The third-order valence-corrected chi connectivity index (χ3v) is 5.83. The largest absolute Gasteiger partial charge is 0.469 e. The fourth-order valence-corrected chi connectivity index (χ4v) is 4.07. The van der Waals surface area contributed by atoms with Crippen LogP contribution in [0.5, 0.6) is 0 Å². The second-order valence-corrected chi connectivity index (χ2v) is 8.22. The van der Waals surface area contributed by atoms with Gasteiger partial charge in [0.25, 0.3) is 0 Å². The summed E-state index contributed by atoms with van der Waals surface area (Å²) in [7, 11) is 0. The zero-order chi connectivity index (χ0) is 21.7. The Morgan fingerprint density at radius 2 is 2.16 bits per heavy atom. The molecule has 31 heavy (non-hydrogen) atoms. The molecule has 1 atom stereocenters. The first-order chi connectivity index (χ1) is 15.2. The van der Waals surface area contributed by atoms with Gasteiger partial charge >= 0.3 is 6.09 Å². The normalized spacial score (nSPS) is 20.5. The maximum absolute atomic E-state index is 11.9. The van der Waals surface area contributed by atoms with Gasteiger partial charge in [0.05, 0.1) is 19.0 Å². The number of nitrogens with one attached hydrogen (secondary N) is 2. The third kappa shape index (κ3) is 8.44. The molecule has 8 nitrogen and oxygen atoms in total. The Morgan fingerprint density at radius 1 is 1.29 bits per heavy atom. The van der Waals surface area contributed by atoms with Crippen molar-refractivity contribution in [2.75, 3.05) is 39.4 Å². The van der Waals surface area contributed by atoms with E-state index in [1.54, 1.807) is 11.2 Å². The van der Waals surface area contributed by atoms with E-state index in [0.29, 0.717) is 31.8 Å². The van der Waals surface area contributed by atoms with Crippen molar-refractivity contribution in [1.29, 1.82) is 0 Å². The lowest BCUT2D eigenvalue weighted by atomic mass is 10.0. The lowest BCUT2D eigenvalue weighted by molar-refractivity contribution is 0.0105. The fourth-order valence-electron chi connectivity index (χ4n) is 4.07. The van der Waals surface area contributed by atoms with Crippen molar-refractivity contribution in [3.05, 3.63) is 24.2 Å². The van der Waals surface area contributed by atoms with Gasteiger partial charge in [-0.2, -0.15) is 0 Å². The number of piperidine rings is 1. The Balaban J connectivity index is 1.44. The predicted molar refractivity (Wildman–Crippen MR) is 120 cm³/mol. The molecule has 3 heterocycles. The van der Waals surface area contributed by atoms with Crippen molar-refractivity contribution in [1.82, 2.24) is 15.5 Å². The second kappa shape index (κ2) is 13.2. The topological polar surface area (TPSA) is 88.3 Å². The highest BCUT2D eigenvalue weighted by atomic mass is 16.6. The number of furan rings is 1. The molecule has 0 aliphatic carbocycles. The maximum atomic E-state index is 11.9. The number of ether oxygens (including phenoxy) is 2. The Morgan fingerprint density at radius 3 is 2.87 bits per heavy atom.